The number of piperidine rings is 1. The van der Waals surface area contributed by atoms with Gasteiger partial charge in [0, 0.05) is 32.2 Å². The van der Waals surface area contributed by atoms with Crippen molar-refractivity contribution in [3.05, 3.63) is 34.6 Å². The Morgan fingerprint density at radius 1 is 1.40 bits per heavy atom. The van der Waals surface area contributed by atoms with E-state index in [1.165, 1.54) is 0 Å². The van der Waals surface area contributed by atoms with Crippen molar-refractivity contribution in [1.82, 2.24) is 25.6 Å². The van der Waals surface area contributed by atoms with E-state index >= 15 is 0 Å². The number of nitrogens with one attached hydrogen (secondary N) is 2. The number of nitrogens with two attached hydrogens (primary N) is 1. The van der Waals surface area contributed by atoms with Gasteiger partial charge in [0.15, 0.2) is 5.69 Å². The molecule has 1 fully saturated rings. The van der Waals surface area contributed by atoms with E-state index in [-0.39, 0.29) is 30.2 Å². The second-order valence-electron chi connectivity index (χ2n) is 7.88. The Labute approximate surface area is 180 Å². The minimum Gasteiger partial charge on any atom is -0.490 e. The van der Waals surface area contributed by atoms with Gasteiger partial charge >= 0.3 is 0 Å². The van der Waals surface area contributed by atoms with Gasteiger partial charge in [0.2, 0.25) is 0 Å². The van der Waals surface area contributed by atoms with Crippen LogP contribution < -0.4 is 15.8 Å². The molecule has 5 N–H and O–H groups in total. The number of carbonyl (C=O) groups excluding carboxylic acids is 1. The molecule has 3 rings (SSSR count). The number of hydrogen-bond acceptors (Lipinski definition) is 7. The number of carbonyl (C=O) groups is 1. The summed E-state index contributed by atoms with van der Waals surface area (Å²) in [5.74, 6) is 0.465. The molecule has 10 heteroatoms. The van der Waals surface area contributed by atoms with Crippen LogP contribution in [0, 0.1) is 0 Å². The molecule has 0 unspecified atom stereocenters. The maximum absolute atomic E-state index is 12.3. The maximum atomic E-state index is 12.3. The van der Waals surface area contributed by atoms with Crippen LogP contribution >= 0.6 is 11.6 Å². The van der Waals surface area contributed by atoms with E-state index in [2.05, 4.69) is 25.6 Å². The molecule has 1 saturated heterocycles. The molecular weight excluding hydrogens is 408 g/mol. The van der Waals surface area contributed by atoms with Gasteiger partial charge in [0.05, 0.1) is 22.5 Å². The first-order valence-corrected chi connectivity index (χ1v) is 10.5. The molecule has 1 atom stereocenters. The van der Waals surface area contributed by atoms with Crippen molar-refractivity contribution in [3.8, 4) is 5.75 Å². The normalized spacial score (nSPS) is 16.6. The highest BCUT2D eigenvalue weighted by Crippen LogP contribution is 2.26. The highest BCUT2D eigenvalue weighted by atomic mass is 35.5. The van der Waals surface area contributed by atoms with Crippen molar-refractivity contribution < 1.29 is 14.6 Å². The lowest BCUT2D eigenvalue weighted by Gasteiger charge is -2.33. The zero-order valence-corrected chi connectivity index (χ0v) is 18.0. The van der Waals surface area contributed by atoms with Crippen molar-refractivity contribution in [1.29, 1.82) is 0 Å². The predicted molar refractivity (Wildman–Crippen MR) is 115 cm³/mol. The minimum absolute atomic E-state index is 0.0854. The SMILES string of the molecule is CC(C)c1n[nH]nc1C(=O)NC[C@@H](O)CN1CCC(Oc2ccc(N)c(Cl)c2)CC1. The van der Waals surface area contributed by atoms with E-state index in [4.69, 9.17) is 22.1 Å². The summed E-state index contributed by atoms with van der Waals surface area (Å²) in [5.41, 5.74) is 7.15. The molecule has 1 aromatic carbocycles. The molecule has 0 spiro atoms. The van der Waals surface area contributed by atoms with Crippen molar-refractivity contribution in [2.24, 2.45) is 0 Å². The number of halogens is 1. The maximum Gasteiger partial charge on any atom is 0.273 e. The van der Waals surface area contributed by atoms with Gasteiger partial charge in [-0.25, -0.2) is 0 Å². The second kappa shape index (κ2) is 10.1. The number of hydrogen-bond donors (Lipinski definition) is 4. The van der Waals surface area contributed by atoms with Gasteiger partial charge in [0.1, 0.15) is 11.9 Å². The average molecular weight is 437 g/mol. The summed E-state index contributed by atoms with van der Waals surface area (Å²) in [4.78, 5) is 14.5. The molecule has 0 radical (unpaired) electrons. The molecule has 2 aromatic rings. The summed E-state index contributed by atoms with van der Waals surface area (Å²) in [7, 11) is 0. The third-order valence-corrected chi connectivity index (χ3v) is 5.44. The molecule has 30 heavy (non-hydrogen) atoms. The Kier molecular flexibility index (Phi) is 7.52. The number of aromatic amines is 1. The number of H-pyrrole nitrogens is 1. The summed E-state index contributed by atoms with van der Waals surface area (Å²) < 4.78 is 5.99. The van der Waals surface area contributed by atoms with Gasteiger partial charge in [-0.2, -0.15) is 15.4 Å². The first kappa shape index (κ1) is 22.3. The predicted octanol–water partition coefficient (Wildman–Crippen LogP) is 1.80. The third-order valence-electron chi connectivity index (χ3n) is 5.11. The summed E-state index contributed by atoms with van der Waals surface area (Å²) >= 11 is 6.04. The summed E-state index contributed by atoms with van der Waals surface area (Å²) in [5, 5.41) is 24.0. The molecule has 9 nitrogen and oxygen atoms in total. The number of aliphatic hydroxyl groups excluding tert-OH is 1. The van der Waals surface area contributed by atoms with Gasteiger partial charge in [-0.3, -0.25) is 4.79 Å². The number of anilines is 1. The fraction of sp³-hybridized carbons (Fsp3) is 0.550. The van der Waals surface area contributed by atoms with Gasteiger partial charge in [-0.1, -0.05) is 25.4 Å². The lowest BCUT2D eigenvalue weighted by atomic mass is 10.1. The smallest absolute Gasteiger partial charge is 0.273 e. The molecule has 2 heterocycles. The number of benzene rings is 1. The van der Waals surface area contributed by atoms with Crippen LogP contribution in [0.25, 0.3) is 0 Å². The summed E-state index contributed by atoms with van der Waals surface area (Å²) in [6.45, 7) is 6.13. The van der Waals surface area contributed by atoms with Crippen molar-refractivity contribution in [2.45, 2.75) is 44.8 Å². The topological polar surface area (TPSA) is 129 Å². The molecule has 0 bridgehead atoms. The van der Waals surface area contributed by atoms with Crippen LogP contribution in [0.15, 0.2) is 18.2 Å². The van der Waals surface area contributed by atoms with E-state index in [1.807, 2.05) is 19.9 Å². The number of rotatable bonds is 8. The first-order chi connectivity index (χ1) is 14.3. The lowest BCUT2D eigenvalue weighted by Crippen LogP contribution is -2.45. The van der Waals surface area contributed by atoms with Gasteiger partial charge < -0.3 is 25.8 Å². The Bertz CT molecular complexity index is 851. The zero-order valence-electron chi connectivity index (χ0n) is 17.3. The number of nitrogen functional groups attached to an aromatic ring is 1. The number of amides is 1. The van der Waals surface area contributed by atoms with Crippen molar-refractivity contribution in [2.75, 3.05) is 31.9 Å². The van der Waals surface area contributed by atoms with E-state index in [9.17, 15) is 9.90 Å². The Morgan fingerprint density at radius 3 is 2.80 bits per heavy atom. The van der Waals surface area contributed by atoms with Gasteiger partial charge in [0.25, 0.3) is 5.91 Å². The third kappa shape index (κ3) is 5.84. The van der Waals surface area contributed by atoms with Gasteiger partial charge in [-0.05, 0) is 30.9 Å². The van der Waals surface area contributed by atoms with Crippen LogP contribution in [-0.4, -0.2) is 69.7 Å². The zero-order chi connectivity index (χ0) is 21.7. The molecule has 1 amide bonds. The van der Waals surface area contributed by atoms with Gasteiger partial charge in [-0.15, -0.1) is 0 Å². The number of aliphatic hydroxyl groups is 1. The quantitative estimate of drug-likeness (QED) is 0.464. The van der Waals surface area contributed by atoms with Crippen LogP contribution in [0.2, 0.25) is 5.02 Å². The molecule has 1 aliphatic rings. The Balaban J connectivity index is 1.39. The molecular formula is C20H29ClN6O3. The Hall–Kier alpha value is -2.36. The summed E-state index contributed by atoms with van der Waals surface area (Å²) in [6.07, 6.45) is 1.12. The molecule has 1 aliphatic heterocycles. The van der Waals surface area contributed by atoms with Crippen LogP contribution in [0.1, 0.15) is 48.8 Å². The fourth-order valence-corrected chi connectivity index (χ4v) is 3.62. The molecule has 164 valence electrons. The molecule has 0 aliphatic carbocycles. The molecule has 1 aromatic heterocycles. The number of nitrogens with zero attached hydrogens (tertiary/aromatic N) is 3. The number of likely N-dealkylation sites (tertiary alicyclic amines) is 1. The van der Waals surface area contributed by atoms with Crippen LogP contribution in [0.5, 0.6) is 5.75 Å². The van der Waals surface area contributed by atoms with E-state index in [0.717, 1.165) is 25.9 Å². The highest BCUT2D eigenvalue weighted by molar-refractivity contribution is 6.33. The van der Waals surface area contributed by atoms with Crippen LogP contribution in [0.3, 0.4) is 0 Å². The standard InChI is InChI=1S/C20H29ClN6O3/c1-12(2)18-19(25-26-24-18)20(29)23-10-13(28)11-27-7-5-14(6-8-27)30-15-3-4-17(22)16(21)9-15/h3-4,9,12-14,28H,5-8,10-11,22H2,1-2H3,(H,23,29)(H,24,25,26)/t13-/m1/s1. The summed E-state index contributed by atoms with van der Waals surface area (Å²) in [6, 6.07) is 5.29. The monoisotopic (exact) mass is 436 g/mol. The second-order valence-corrected chi connectivity index (χ2v) is 8.28. The van der Waals surface area contributed by atoms with Crippen LogP contribution in [-0.2, 0) is 0 Å². The first-order valence-electron chi connectivity index (χ1n) is 10.1. The van der Waals surface area contributed by atoms with E-state index < -0.39 is 6.10 Å². The Morgan fingerprint density at radius 2 is 2.13 bits per heavy atom. The van der Waals surface area contributed by atoms with Crippen molar-refractivity contribution >= 4 is 23.2 Å². The van der Waals surface area contributed by atoms with Crippen LogP contribution in [0.4, 0.5) is 5.69 Å². The number of aromatic nitrogens is 3. The average Bonchev–Trinajstić information content (AvgIpc) is 3.21. The largest absolute Gasteiger partial charge is 0.490 e. The highest BCUT2D eigenvalue weighted by Gasteiger charge is 2.24. The number of ether oxygens (including phenoxy) is 1. The fourth-order valence-electron chi connectivity index (χ4n) is 3.45. The van der Waals surface area contributed by atoms with E-state index in [0.29, 0.717) is 28.7 Å². The lowest BCUT2D eigenvalue weighted by molar-refractivity contribution is 0.0593. The van der Waals surface area contributed by atoms with Crippen molar-refractivity contribution in [3.63, 3.8) is 0 Å². The number of β-amino-alcohol motifs (C(OH)–C–C–N with tert-alkyl or cyclic N) is 1. The minimum atomic E-state index is -0.670. The van der Waals surface area contributed by atoms with E-state index in [1.54, 1.807) is 12.1 Å². The molecule has 0 saturated carbocycles.